The molecule has 1 fully saturated rings. The summed E-state index contributed by atoms with van der Waals surface area (Å²) in [4.78, 5) is 28.1. The molecule has 0 saturated carbocycles. The van der Waals surface area contributed by atoms with Gasteiger partial charge in [0.2, 0.25) is 5.91 Å². The molecule has 3 rings (SSSR count). The molecule has 1 aromatic heterocycles. The number of furan rings is 1. The maximum absolute atomic E-state index is 12.3. The predicted molar refractivity (Wildman–Crippen MR) is 95.4 cm³/mol. The zero-order valence-electron chi connectivity index (χ0n) is 14.4. The first-order valence-electron chi connectivity index (χ1n) is 8.54. The number of benzene rings is 1. The smallest absolute Gasteiger partial charge is 0.321 e. The monoisotopic (exact) mass is 341 g/mol. The standard InChI is InChI=1S/C19H23N3O3/c1-15-4-6-16(7-5-15)20-19(24)22-12-10-21(11-13-22)18(23)9-8-17-3-2-14-25-17/h2-7,14H,8-13H2,1H3,(H,20,24). The van der Waals surface area contributed by atoms with E-state index in [2.05, 4.69) is 5.32 Å². The number of carbonyl (C=O) groups is 2. The Morgan fingerprint density at radius 2 is 1.72 bits per heavy atom. The van der Waals surface area contributed by atoms with Gasteiger partial charge in [0.15, 0.2) is 0 Å². The quantitative estimate of drug-likeness (QED) is 0.930. The molecule has 2 heterocycles. The van der Waals surface area contributed by atoms with Crippen LogP contribution in [0.15, 0.2) is 47.1 Å². The molecule has 0 unspecified atom stereocenters. The van der Waals surface area contributed by atoms with E-state index in [0.717, 1.165) is 17.0 Å². The molecule has 1 aliphatic rings. The van der Waals surface area contributed by atoms with Crippen molar-refractivity contribution in [1.29, 1.82) is 0 Å². The second kappa shape index (κ2) is 7.88. The van der Waals surface area contributed by atoms with Crippen LogP contribution in [0, 0.1) is 6.92 Å². The molecule has 1 aliphatic heterocycles. The van der Waals surface area contributed by atoms with Crippen molar-refractivity contribution < 1.29 is 14.0 Å². The topological polar surface area (TPSA) is 65.8 Å². The summed E-state index contributed by atoms with van der Waals surface area (Å²) in [5, 5.41) is 2.90. The van der Waals surface area contributed by atoms with Crippen molar-refractivity contribution in [3.05, 3.63) is 54.0 Å². The number of amides is 3. The lowest BCUT2D eigenvalue weighted by molar-refractivity contribution is -0.132. The molecule has 6 heteroatoms. The van der Waals surface area contributed by atoms with Crippen molar-refractivity contribution in [2.24, 2.45) is 0 Å². The third kappa shape index (κ3) is 4.62. The summed E-state index contributed by atoms with van der Waals surface area (Å²) in [7, 11) is 0. The molecule has 0 bridgehead atoms. The molecular weight excluding hydrogens is 318 g/mol. The highest BCUT2D eigenvalue weighted by atomic mass is 16.3. The van der Waals surface area contributed by atoms with E-state index < -0.39 is 0 Å². The fourth-order valence-corrected chi connectivity index (χ4v) is 2.84. The molecule has 0 atom stereocenters. The van der Waals surface area contributed by atoms with Gasteiger partial charge >= 0.3 is 6.03 Å². The van der Waals surface area contributed by atoms with Gasteiger partial charge in [0, 0.05) is 44.7 Å². The molecule has 1 saturated heterocycles. The van der Waals surface area contributed by atoms with Gasteiger partial charge in [-0.05, 0) is 31.2 Å². The molecule has 25 heavy (non-hydrogen) atoms. The molecule has 1 aromatic carbocycles. The van der Waals surface area contributed by atoms with Crippen molar-refractivity contribution in [1.82, 2.24) is 9.80 Å². The van der Waals surface area contributed by atoms with Crippen molar-refractivity contribution >= 4 is 17.6 Å². The fraction of sp³-hybridized carbons (Fsp3) is 0.368. The number of carbonyl (C=O) groups excluding carboxylic acids is 2. The largest absolute Gasteiger partial charge is 0.469 e. The van der Waals surface area contributed by atoms with Crippen molar-refractivity contribution in [2.75, 3.05) is 31.5 Å². The Kier molecular flexibility index (Phi) is 5.38. The molecule has 3 amide bonds. The van der Waals surface area contributed by atoms with Crippen LogP contribution in [0.1, 0.15) is 17.7 Å². The van der Waals surface area contributed by atoms with E-state index in [1.165, 1.54) is 0 Å². The number of hydrogen-bond donors (Lipinski definition) is 1. The normalized spacial score (nSPS) is 14.4. The van der Waals surface area contributed by atoms with Crippen LogP contribution in [0.2, 0.25) is 0 Å². The second-order valence-electron chi connectivity index (χ2n) is 6.24. The molecule has 0 spiro atoms. The highest BCUT2D eigenvalue weighted by molar-refractivity contribution is 5.89. The minimum atomic E-state index is -0.119. The Balaban J connectivity index is 1.43. The number of piperazine rings is 1. The molecule has 0 aliphatic carbocycles. The fourth-order valence-electron chi connectivity index (χ4n) is 2.84. The summed E-state index contributed by atoms with van der Waals surface area (Å²) in [6, 6.07) is 11.3. The Labute approximate surface area is 147 Å². The zero-order chi connectivity index (χ0) is 17.6. The lowest BCUT2D eigenvalue weighted by Crippen LogP contribution is -2.51. The number of nitrogens with one attached hydrogen (secondary N) is 1. The summed E-state index contributed by atoms with van der Waals surface area (Å²) in [5.74, 6) is 0.930. The van der Waals surface area contributed by atoms with Crippen LogP contribution < -0.4 is 5.32 Å². The van der Waals surface area contributed by atoms with E-state index in [4.69, 9.17) is 4.42 Å². The third-order valence-electron chi connectivity index (χ3n) is 4.39. The lowest BCUT2D eigenvalue weighted by Gasteiger charge is -2.34. The first-order chi connectivity index (χ1) is 12.1. The van der Waals surface area contributed by atoms with Crippen LogP contribution in [0.25, 0.3) is 0 Å². The summed E-state index contributed by atoms with van der Waals surface area (Å²) >= 11 is 0. The van der Waals surface area contributed by atoms with Crippen molar-refractivity contribution in [2.45, 2.75) is 19.8 Å². The minimum Gasteiger partial charge on any atom is -0.469 e. The van der Waals surface area contributed by atoms with Gasteiger partial charge in [-0.15, -0.1) is 0 Å². The highest BCUT2D eigenvalue weighted by Crippen LogP contribution is 2.12. The average Bonchev–Trinajstić information content (AvgIpc) is 3.15. The van der Waals surface area contributed by atoms with E-state index in [1.807, 2.05) is 48.2 Å². The summed E-state index contributed by atoms with van der Waals surface area (Å²) < 4.78 is 5.25. The van der Waals surface area contributed by atoms with Crippen LogP contribution in [-0.4, -0.2) is 47.9 Å². The Hall–Kier alpha value is -2.76. The van der Waals surface area contributed by atoms with Crippen molar-refractivity contribution in [3.63, 3.8) is 0 Å². The molecule has 6 nitrogen and oxygen atoms in total. The van der Waals surface area contributed by atoms with Crippen LogP contribution in [-0.2, 0) is 11.2 Å². The summed E-state index contributed by atoms with van der Waals surface area (Å²) in [6.45, 7) is 4.23. The van der Waals surface area contributed by atoms with Gasteiger partial charge in [-0.2, -0.15) is 0 Å². The van der Waals surface area contributed by atoms with Gasteiger partial charge < -0.3 is 19.5 Å². The van der Waals surface area contributed by atoms with Crippen LogP contribution in [0.4, 0.5) is 10.5 Å². The van der Waals surface area contributed by atoms with Crippen LogP contribution >= 0.6 is 0 Å². The number of aryl methyl sites for hydroxylation is 2. The average molecular weight is 341 g/mol. The molecule has 0 radical (unpaired) electrons. The minimum absolute atomic E-state index is 0.106. The molecule has 2 aromatic rings. The number of hydrogen-bond acceptors (Lipinski definition) is 3. The first-order valence-corrected chi connectivity index (χ1v) is 8.54. The SMILES string of the molecule is Cc1ccc(NC(=O)N2CCN(C(=O)CCc3ccco3)CC2)cc1. The Morgan fingerprint density at radius 1 is 1.04 bits per heavy atom. The number of anilines is 1. The number of rotatable bonds is 4. The van der Waals surface area contributed by atoms with E-state index >= 15 is 0 Å². The van der Waals surface area contributed by atoms with Gasteiger partial charge in [-0.3, -0.25) is 4.79 Å². The van der Waals surface area contributed by atoms with Gasteiger partial charge in [0.1, 0.15) is 5.76 Å². The van der Waals surface area contributed by atoms with E-state index in [1.54, 1.807) is 11.2 Å². The van der Waals surface area contributed by atoms with Crippen LogP contribution in [0.5, 0.6) is 0 Å². The van der Waals surface area contributed by atoms with E-state index in [9.17, 15) is 9.59 Å². The third-order valence-corrected chi connectivity index (χ3v) is 4.39. The number of nitrogens with zero attached hydrogens (tertiary/aromatic N) is 2. The van der Waals surface area contributed by atoms with Gasteiger partial charge in [-0.25, -0.2) is 4.79 Å². The van der Waals surface area contributed by atoms with Gasteiger partial charge in [0.25, 0.3) is 0 Å². The Bertz CT molecular complexity index is 702. The summed E-state index contributed by atoms with van der Waals surface area (Å²) in [6.07, 6.45) is 2.66. The zero-order valence-corrected chi connectivity index (χ0v) is 14.4. The van der Waals surface area contributed by atoms with Crippen molar-refractivity contribution in [3.8, 4) is 0 Å². The molecule has 1 N–H and O–H groups in total. The predicted octanol–water partition coefficient (Wildman–Crippen LogP) is 2.90. The van der Waals surface area contributed by atoms with Gasteiger partial charge in [0.05, 0.1) is 6.26 Å². The summed E-state index contributed by atoms with van der Waals surface area (Å²) in [5.41, 5.74) is 1.94. The Morgan fingerprint density at radius 3 is 2.36 bits per heavy atom. The number of urea groups is 1. The molecular formula is C19H23N3O3. The molecule has 132 valence electrons. The van der Waals surface area contributed by atoms with E-state index in [-0.39, 0.29) is 11.9 Å². The maximum Gasteiger partial charge on any atom is 0.321 e. The van der Waals surface area contributed by atoms with E-state index in [0.29, 0.717) is 39.0 Å². The van der Waals surface area contributed by atoms with Gasteiger partial charge in [-0.1, -0.05) is 17.7 Å². The second-order valence-corrected chi connectivity index (χ2v) is 6.24. The maximum atomic E-state index is 12.3. The highest BCUT2D eigenvalue weighted by Gasteiger charge is 2.24. The lowest BCUT2D eigenvalue weighted by atomic mass is 10.2. The van der Waals surface area contributed by atoms with Crippen LogP contribution in [0.3, 0.4) is 0 Å². The first kappa shape index (κ1) is 17.1.